The average Bonchev–Trinajstić information content (AvgIpc) is 0.755. The molecule has 0 amide bonds. The maximum absolute atomic E-state index is 7.72. The highest BCUT2D eigenvalue weighted by Gasteiger charge is 2.46. The molecule has 0 saturated heterocycles. The van der Waals surface area contributed by atoms with E-state index in [0.29, 0.717) is 5.92 Å². The third kappa shape index (κ3) is 9.91. The number of hydrogen-bond acceptors (Lipinski definition) is 5. The number of nitrogens with zero attached hydrogens (tertiary/aromatic N) is 4. The molecule has 0 atom stereocenters. The molecule has 3 aliphatic heterocycles. The first kappa shape index (κ1) is 55.1. The van der Waals surface area contributed by atoms with Crippen LogP contribution in [0.2, 0.25) is 0 Å². The van der Waals surface area contributed by atoms with E-state index in [1.54, 1.807) is 0 Å². The van der Waals surface area contributed by atoms with E-state index < -0.39 is 0 Å². The van der Waals surface area contributed by atoms with Crippen molar-refractivity contribution in [1.82, 2.24) is 0 Å². The highest BCUT2D eigenvalue weighted by molar-refractivity contribution is 7.01. The van der Waals surface area contributed by atoms with Gasteiger partial charge >= 0.3 is 0 Å². The van der Waals surface area contributed by atoms with E-state index in [0.717, 1.165) is 90.7 Å². The summed E-state index contributed by atoms with van der Waals surface area (Å²) in [6.07, 6.45) is 16.2. The Morgan fingerprint density at radius 3 is 1.65 bits per heavy atom. The van der Waals surface area contributed by atoms with Crippen LogP contribution < -0.4 is 57.1 Å². The Labute approximate surface area is 499 Å². The molecule has 0 N–H and O–H groups in total. The molecular formula is C77H72B2N4O. The predicted octanol–water partition coefficient (Wildman–Crippen LogP) is 17.3. The number of ether oxygens (including phenoxy) is 1. The molecule has 0 unspecified atom stereocenters. The van der Waals surface area contributed by atoms with Crippen molar-refractivity contribution in [2.75, 3.05) is 19.6 Å². The van der Waals surface area contributed by atoms with Gasteiger partial charge in [0, 0.05) is 74.7 Å². The fourth-order valence-electron chi connectivity index (χ4n) is 13.1. The zero-order valence-electron chi connectivity index (χ0n) is 49.7. The van der Waals surface area contributed by atoms with Crippen LogP contribution in [-0.4, -0.2) is 13.4 Å². The zero-order chi connectivity index (χ0) is 58.2. The van der Waals surface area contributed by atoms with Gasteiger partial charge in [0.1, 0.15) is 11.5 Å². The third-order valence-electron chi connectivity index (χ3n) is 16.8. The minimum absolute atomic E-state index is 0.145. The molecule has 0 spiro atoms. The van der Waals surface area contributed by atoms with Crippen LogP contribution in [-0.2, 0) is 0 Å². The SMILES string of the molecule is C=C/C=C\C=C(/C)N1c2ccccc2B2c3cc4c(cc3Oc3cc(N(C(/C=C\C)=C/C=C)c5ccccc5)cc1c32)N(c1ccccc1)c1cc(N(c2ccccc2)c2ccccc2)ccc1B4c1c(C(C)C)cc(C(C)C)cc1C(C)C. The molecule has 3 aliphatic rings. The van der Waals surface area contributed by atoms with Crippen LogP contribution in [0.25, 0.3) is 0 Å². The zero-order valence-corrected chi connectivity index (χ0v) is 49.7. The maximum Gasteiger partial charge on any atom is 0.256 e. The van der Waals surface area contributed by atoms with E-state index in [2.05, 4.69) is 319 Å². The highest BCUT2D eigenvalue weighted by atomic mass is 16.5. The van der Waals surface area contributed by atoms with Crippen molar-refractivity contribution in [2.24, 2.45) is 0 Å². The molecule has 3 heterocycles. The van der Waals surface area contributed by atoms with Crippen LogP contribution in [0.3, 0.4) is 0 Å². The van der Waals surface area contributed by atoms with E-state index in [4.69, 9.17) is 4.74 Å². The first-order valence-corrected chi connectivity index (χ1v) is 29.8. The second kappa shape index (κ2) is 23.4. The predicted molar refractivity (Wildman–Crippen MR) is 364 cm³/mol. The highest BCUT2D eigenvalue weighted by Crippen LogP contribution is 2.47. The van der Waals surface area contributed by atoms with Gasteiger partial charge in [-0.15, -0.1) is 0 Å². The van der Waals surface area contributed by atoms with Gasteiger partial charge in [0.05, 0.1) is 5.69 Å². The van der Waals surface area contributed by atoms with Crippen LogP contribution in [0.15, 0.2) is 273 Å². The molecular weight excluding hydrogens is 1020 g/mol. The Morgan fingerprint density at radius 2 is 1.05 bits per heavy atom. The Kier molecular flexibility index (Phi) is 15.4. The summed E-state index contributed by atoms with van der Waals surface area (Å²) in [4.78, 5) is 9.62. The monoisotopic (exact) mass is 1090 g/mol. The average molecular weight is 1090 g/mol. The van der Waals surface area contributed by atoms with Gasteiger partial charge in [-0.3, -0.25) is 0 Å². The number of rotatable bonds is 16. The van der Waals surface area contributed by atoms with Crippen molar-refractivity contribution in [3.63, 3.8) is 0 Å². The topological polar surface area (TPSA) is 22.2 Å². The molecule has 7 heteroatoms. The molecule has 0 fully saturated rings. The lowest BCUT2D eigenvalue weighted by atomic mass is 9.30. The number of allylic oxidation sites excluding steroid dienone is 9. The van der Waals surface area contributed by atoms with Gasteiger partial charge in [0.25, 0.3) is 6.71 Å². The van der Waals surface area contributed by atoms with Crippen molar-refractivity contribution in [3.05, 3.63) is 290 Å². The molecule has 0 aromatic heterocycles. The van der Waals surface area contributed by atoms with Crippen molar-refractivity contribution in [1.29, 1.82) is 0 Å². The second-order valence-corrected chi connectivity index (χ2v) is 23.1. The molecule has 0 bridgehead atoms. The lowest BCUT2D eigenvalue weighted by Crippen LogP contribution is -2.63. The molecule has 0 saturated carbocycles. The Hall–Kier alpha value is -9.45. The number of anilines is 10. The number of para-hydroxylation sites is 5. The van der Waals surface area contributed by atoms with Crippen molar-refractivity contribution in [2.45, 2.75) is 73.1 Å². The van der Waals surface area contributed by atoms with E-state index in [1.807, 2.05) is 18.2 Å². The summed E-state index contributed by atoms with van der Waals surface area (Å²) in [6, 6.07) is 73.8. The molecule has 412 valence electrons. The summed E-state index contributed by atoms with van der Waals surface area (Å²) in [7, 11) is 0. The van der Waals surface area contributed by atoms with Crippen LogP contribution in [0.5, 0.6) is 11.5 Å². The molecule has 0 radical (unpaired) electrons. The number of benzene rings is 9. The summed E-state index contributed by atoms with van der Waals surface area (Å²) in [5.41, 5.74) is 24.3. The quantitative estimate of drug-likeness (QED) is 0.0708. The smallest absolute Gasteiger partial charge is 0.256 e. The van der Waals surface area contributed by atoms with Crippen molar-refractivity contribution in [3.8, 4) is 11.5 Å². The lowest BCUT2D eigenvalue weighted by Gasteiger charge is -2.43. The largest absolute Gasteiger partial charge is 0.458 e. The standard InChI is InChI=1S/C77H72B2N4O/c1-11-14-19-32-55(10)80-70-42-29-28-41-66(70)79-69-50-68-72(51-74(69)84-75-49-63(48-73(80)77(75)79)82(57(30-12-2)31-13-3)60-37-24-17-25-38-60)83(61-39-26-18-27-40-61)71-47-62(81(58-33-20-15-21-34-58)59-35-22-16-23-36-59)43-44-67(71)78(68)76-64(53(6)7)45-56(52(4)5)46-65(76)54(8)9/h11-54H,1-2H2,3-10H3/b19-14-,31-13-,55-32+,57-30+. The van der Waals surface area contributed by atoms with Crippen LogP contribution in [0, 0.1) is 0 Å². The summed E-state index contributed by atoms with van der Waals surface area (Å²) >= 11 is 0. The Bertz CT molecular complexity index is 4000. The molecule has 9 aromatic carbocycles. The van der Waals surface area contributed by atoms with E-state index in [-0.39, 0.29) is 25.3 Å². The minimum atomic E-state index is -0.177. The Balaban J connectivity index is 1.18. The summed E-state index contributed by atoms with van der Waals surface area (Å²) in [5, 5.41) is 0. The van der Waals surface area contributed by atoms with Crippen molar-refractivity contribution >= 4 is 103 Å². The van der Waals surface area contributed by atoms with Gasteiger partial charge in [0.2, 0.25) is 6.71 Å². The molecule has 9 aromatic rings. The summed E-state index contributed by atoms with van der Waals surface area (Å²) in [5.74, 6) is 2.52. The fraction of sp³-hybridized carbons (Fsp3) is 0.143. The van der Waals surface area contributed by atoms with Crippen LogP contribution in [0.1, 0.15) is 89.8 Å². The molecule has 5 nitrogen and oxygen atoms in total. The molecule has 0 aliphatic carbocycles. The normalized spacial score (nSPS) is 13.5. The van der Waals surface area contributed by atoms with Gasteiger partial charge in [-0.05, 0) is 167 Å². The van der Waals surface area contributed by atoms with E-state index in [1.165, 1.54) is 38.5 Å². The molecule has 12 rings (SSSR count). The summed E-state index contributed by atoms with van der Waals surface area (Å²) < 4.78 is 7.72. The van der Waals surface area contributed by atoms with E-state index >= 15 is 0 Å². The fourth-order valence-corrected chi connectivity index (χ4v) is 13.1. The third-order valence-corrected chi connectivity index (χ3v) is 16.8. The minimum Gasteiger partial charge on any atom is -0.458 e. The van der Waals surface area contributed by atoms with Gasteiger partial charge in [-0.1, -0.05) is 206 Å². The van der Waals surface area contributed by atoms with Crippen LogP contribution in [0.4, 0.5) is 56.9 Å². The number of fused-ring (bicyclic) bond motifs is 6. The summed E-state index contributed by atoms with van der Waals surface area (Å²) in [6.45, 7) is 26.3. The van der Waals surface area contributed by atoms with Gasteiger partial charge < -0.3 is 24.3 Å². The lowest BCUT2D eigenvalue weighted by molar-refractivity contribution is 0.488. The molecule has 84 heavy (non-hydrogen) atoms. The number of hydrogen-bond donors (Lipinski definition) is 0. The van der Waals surface area contributed by atoms with E-state index in [9.17, 15) is 0 Å². The first-order valence-electron chi connectivity index (χ1n) is 29.8. The Morgan fingerprint density at radius 1 is 0.476 bits per heavy atom. The first-order chi connectivity index (χ1) is 41.0. The van der Waals surface area contributed by atoms with Crippen LogP contribution >= 0.6 is 0 Å². The van der Waals surface area contributed by atoms with Gasteiger partial charge in [-0.25, -0.2) is 0 Å². The second-order valence-electron chi connectivity index (χ2n) is 23.1. The van der Waals surface area contributed by atoms with Gasteiger partial charge in [0.15, 0.2) is 0 Å². The van der Waals surface area contributed by atoms with Crippen molar-refractivity contribution < 1.29 is 4.74 Å². The maximum atomic E-state index is 7.72. The van der Waals surface area contributed by atoms with Gasteiger partial charge in [-0.2, -0.15) is 0 Å².